The number of ketones is 1. The average molecular weight is 498 g/mol. The van der Waals surface area contributed by atoms with Gasteiger partial charge in [-0.2, -0.15) is 13.2 Å². The Kier molecular flexibility index (Phi) is 7.37. The van der Waals surface area contributed by atoms with E-state index in [1.165, 1.54) is 23.5 Å². The van der Waals surface area contributed by atoms with Crippen LogP contribution in [0.1, 0.15) is 59.5 Å². The zero-order valence-corrected chi connectivity index (χ0v) is 19.4. The second-order valence-corrected chi connectivity index (χ2v) is 10.1. The third kappa shape index (κ3) is 5.83. The number of aromatic nitrogens is 1. The lowest BCUT2D eigenvalue weighted by molar-refractivity contribution is -0.137. The maximum atomic E-state index is 15.2. The minimum absolute atomic E-state index is 0.131. The molecule has 2 fully saturated rings. The summed E-state index contributed by atoms with van der Waals surface area (Å²) < 4.78 is 53.7. The molecule has 1 aliphatic carbocycles. The van der Waals surface area contributed by atoms with Gasteiger partial charge >= 0.3 is 6.18 Å². The summed E-state index contributed by atoms with van der Waals surface area (Å²) >= 11 is 1.36. The van der Waals surface area contributed by atoms with Crippen molar-refractivity contribution in [3.63, 3.8) is 0 Å². The van der Waals surface area contributed by atoms with E-state index >= 15 is 4.39 Å². The number of amides is 1. The van der Waals surface area contributed by atoms with Crippen LogP contribution < -0.4 is 5.32 Å². The number of halogens is 4. The van der Waals surface area contributed by atoms with E-state index in [1.807, 2.05) is 0 Å². The minimum Gasteiger partial charge on any atom is -0.345 e. The van der Waals surface area contributed by atoms with Crippen LogP contribution in [0.2, 0.25) is 0 Å². The van der Waals surface area contributed by atoms with Gasteiger partial charge in [-0.1, -0.05) is 6.07 Å². The molecular formula is C24H27F4N3O2S. The molecular weight excluding hydrogens is 470 g/mol. The molecule has 1 aliphatic heterocycles. The summed E-state index contributed by atoms with van der Waals surface area (Å²) in [6.45, 7) is 1.40. The topological polar surface area (TPSA) is 62.3 Å². The number of alkyl halides is 4. The second-order valence-electron chi connectivity index (χ2n) is 9.19. The van der Waals surface area contributed by atoms with Gasteiger partial charge in [0, 0.05) is 36.1 Å². The van der Waals surface area contributed by atoms with Crippen molar-refractivity contribution in [2.24, 2.45) is 5.92 Å². The summed E-state index contributed by atoms with van der Waals surface area (Å²) in [5, 5.41) is 4.79. The first-order chi connectivity index (χ1) is 16.1. The van der Waals surface area contributed by atoms with E-state index < -0.39 is 23.3 Å². The molecule has 0 spiro atoms. The Bertz CT molecular complexity index is 1000. The third-order valence-electron chi connectivity index (χ3n) is 6.81. The number of Topliss-reactive ketones (excluding diaryl/α,β-unsaturated/α-hetero) is 1. The van der Waals surface area contributed by atoms with Crippen LogP contribution in [0.15, 0.2) is 35.8 Å². The molecule has 2 aliphatic rings. The molecule has 1 N–H and O–H groups in total. The summed E-state index contributed by atoms with van der Waals surface area (Å²) in [5.74, 6) is -0.694. The highest BCUT2D eigenvalue weighted by Gasteiger charge is 2.41. The van der Waals surface area contributed by atoms with E-state index in [1.54, 1.807) is 11.6 Å². The van der Waals surface area contributed by atoms with Gasteiger partial charge < -0.3 is 10.2 Å². The number of rotatable bonds is 7. The van der Waals surface area contributed by atoms with Gasteiger partial charge in [-0.05, 0) is 62.8 Å². The Balaban J connectivity index is 1.21. The number of nitrogens with zero attached hydrogens (tertiary/aromatic N) is 2. The van der Waals surface area contributed by atoms with Gasteiger partial charge in [0.05, 0.1) is 12.1 Å². The van der Waals surface area contributed by atoms with Crippen molar-refractivity contribution in [1.82, 2.24) is 15.2 Å². The van der Waals surface area contributed by atoms with E-state index in [0.29, 0.717) is 30.3 Å². The first-order valence-corrected chi connectivity index (χ1v) is 12.3. The van der Waals surface area contributed by atoms with Crippen LogP contribution in [0.4, 0.5) is 17.6 Å². The Labute approximate surface area is 199 Å². The summed E-state index contributed by atoms with van der Waals surface area (Å²) in [7, 11) is 0. The molecule has 5 nitrogen and oxygen atoms in total. The van der Waals surface area contributed by atoms with Gasteiger partial charge in [-0.3, -0.25) is 9.59 Å². The summed E-state index contributed by atoms with van der Waals surface area (Å²) in [4.78, 5) is 31.1. The zero-order chi connectivity index (χ0) is 24.3. The predicted molar refractivity (Wildman–Crippen MR) is 120 cm³/mol. The third-order valence-corrected chi connectivity index (χ3v) is 7.76. The lowest BCUT2D eigenvalue weighted by Gasteiger charge is -2.37. The first-order valence-electron chi connectivity index (χ1n) is 11.4. The molecule has 0 bridgehead atoms. The Morgan fingerprint density at radius 3 is 2.65 bits per heavy atom. The molecule has 1 amide bonds. The van der Waals surface area contributed by atoms with Crippen LogP contribution in [-0.4, -0.2) is 47.3 Å². The van der Waals surface area contributed by atoms with Crippen LogP contribution in [0.5, 0.6) is 0 Å². The highest BCUT2D eigenvalue weighted by Crippen LogP contribution is 2.43. The fourth-order valence-electron chi connectivity index (χ4n) is 4.96. The van der Waals surface area contributed by atoms with Crippen LogP contribution in [0, 0.1) is 5.92 Å². The second kappa shape index (κ2) is 10.1. The van der Waals surface area contributed by atoms with Crippen LogP contribution >= 0.6 is 11.3 Å². The normalized spacial score (nSPS) is 25.9. The molecule has 1 atom stereocenters. The summed E-state index contributed by atoms with van der Waals surface area (Å²) in [5.41, 5.74) is -2.37. The molecule has 1 saturated carbocycles. The SMILES string of the molecule is O=C(CNC(=O)c1cccc(C(F)(F)F)c1)C[C@@H]1CCN(C2CCC(F)(c3nccs3)CC2)C1. The molecule has 0 unspecified atom stereocenters. The summed E-state index contributed by atoms with van der Waals surface area (Å²) in [6, 6.07) is 4.42. The highest BCUT2D eigenvalue weighted by atomic mass is 32.1. The number of hydrogen-bond donors (Lipinski definition) is 1. The molecule has 0 radical (unpaired) electrons. The zero-order valence-electron chi connectivity index (χ0n) is 18.6. The largest absolute Gasteiger partial charge is 0.416 e. The van der Waals surface area contributed by atoms with Crippen LogP contribution in [0.25, 0.3) is 0 Å². The van der Waals surface area contributed by atoms with E-state index in [-0.39, 0.29) is 23.8 Å². The molecule has 2 aromatic rings. The smallest absolute Gasteiger partial charge is 0.345 e. The molecule has 2 heterocycles. The number of thiazole rings is 1. The van der Waals surface area contributed by atoms with E-state index in [0.717, 1.165) is 44.5 Å². The lowest BCUT2D eigenvalue weighted by Crippen LogP contribution is -2.40. The first kappa shape index (κ1) is 24.8. The van der Waals surface area contributed by atoms with Gasteiger partial charge in [0.25, 0.3) is 5.91 Å². The molecule has 184 valence electrons. The van der Waals surface area contributed by atoms with Crippen molar-refractivity contribution in [2.45, 2.75) is 56.4 Å². The Morgan fingerprint density at radius 2 is 1.97 bits per heavy atom. The number of carbonyl (C=O) groups excluding carboxylic acids is 2. The van der Waals surface area contributed by atoms with Crippen LogP contribution in [0.3, 0.4) is 0 Å². The number of carbonyl (C=O) groups is 2. The van der Waals surface area contributed by atoms with Gasteiger partial charge in [-0.25, -0.2) is 9.37 Å². The minimum atomic E-state index is -4.54. The van der Waals surface area contributed by atoms with Crippen molar-refractivity contribution >= 4 is 23.0 Å². The predicted octanol–water partition coefficient (Wildman–Crippen LogP) is 4.98. The number of benzene rings is 1. The standard InChI is InChI=1S/C24H27F4N3O2S/c25-23(22-29-9-11-34-22)7-4-19(5-8-23)31-10-6-16(15-31)12-20(32)14-30-21(33)17-2-1-3-18(13-17)24(26,27)28/h1-3,9,11,13,16,19H,4-8,10,12,14-15H2,(H,30,33)/t16-,19?,23?/m0/s1. The van der Waals surface area contributed by atoms with Crippen molar-refractivity contribution in [3.05, 3.63) is 52.0 Å². The van der Waals surface area contributed by atoms with Crippen molar-refractivity contribution in [2.75, 3.05) is 19.6 Å². The average Bonchev–Trinajstić information content (AvgIpc) is 3.51. The van der Waals surface area contributed by atoms with E-state index in [4.69, 9.17) is 0 Å². The molecule has 10 heteroatoms. The van der Waals surface area contributed by atoms with Gasteiger partial charge in [0.1, 0.15) is 5.01 Å². The fourth-order valence-corrected chi connectivity index (χ4v) is 5.74. The fraction of sp³-hybridized carbons (Fsp3) is 0.542. The van der Waals surface area contributed by atoms with E-state index in [2.05, 4.69) is 15.2 Å². The molecule has 34 heavy (non-hydrogen) atoms. The van der Waals surface area contributed by atoms with E-state index in [9.17, 15) is 22.8 Å². The highest BCUT2D eigenvalue weighted by molar-refractivity contribution is 7.09. The number of hydrogen-bond acceptors (Lipinski definition) is 5. The van der Waals surface area contributed by atoms with Gasteiger partial charge in [0.15, 0.2) is 11.5 Å². The Hall–Kier alpha value is -2.33. The van der Waals surface area contributed by atoms with Crippen molar-refractivity contribution in [1.29, 1.82) is 0 Å². The monoisotopic (exact) mass is 497 g/mol. The quantitative estimate of drug-likeness (QED) is 0.548. The van der Waals surface area contributed by atoms with Crippen LogP contribution in [-0.2, 0) is 16.6 Å². The number of likely N-dealkylation sites (tertiary alicyclic amines) is 1. The number of nitrogens with one attached hydrogen (secondary N) is 1. The Morgan fingerprint density at radius 1 is 1.21 bits per heavy atom. The molecule has 4 rings (SSSR count). The van der Waals surface area contributed by atoms with Crippen molar-refractivity contribution < 1.29 is 27.2 Å². The lowest BCUT2D eigenvalue weighted by atomic mass is 9.83. The van der Waals surface area contributed by atoms with Gasteiger partial charge in [0.2, 0.25) is 0 Å². The molecule has 1 saturated heterocycles. The summed E-state index contributed by atoms with van der Waals surface area (Å²) in [6.07, 6.45) is 0.672. The van der Waals surface area contributed by atoms with Gasteiger partial charge in [-0.15, -0.1) is 11.3 Å². The maximum absolute atomic E-state index is 15.2. The maximum Gasteiger partial charge on any atom is 0.416 e. The van der Waals surface area contributed by atoms with Crippen molar-refractivity contribution in [3.8, 4) is 0 Å². The molecule has 1 aromatic heterocycles. The molecule has 1 aromatic carbocycles.